The molecule has 1 amide bonds. The van der Waals surface area contributed by atoms with Crippen molar-refractivity contribution in [1.82, 2.24) is 9.88 Å². The molecule has 3 aromatic rings. The van der Waals surface area contributed by atoms with Gasteiger partial charge in [-0.3, -0.25) is 15.2 Å². The van der Waals surface area contributed by atoms with Crippen LogP contribution in [0.5, 0.6) is 5.75 Å². The largest absolute Gasteiger partial charge is 0.496 e. The van der Waals surface area contributed by atoms with E-state index in [1.807, 2.05) is 59.5 Å². The lowest BCUT2D eigenvalue weighted by Gasteiger charge is -2.27. The number of rotatable bonds is 5. The zero-order chi connectivity index (χ0) is 20.9. The van der Waals surface area contributed by atoms with Gasteiger partial charge in [-0.2, -0.15) is 0 Å². The van der Waals surface area contributed by atoms with Crippen molar-refractivity contribution in [2.24, 2.45) is 0 Å². The fraction of sp³-hybridized carbons (Fsp3) is 0.208. The molecular formula is C24H23N3O3. The molecule has 1 saturated heterocycles. The first-order valence-electron chi connectivity index (χ1n) is 9.82. The molecule has 0 radical (unpaired) electrons. The van der Waals surface area contributed by atoms with E-state index in [2.05, 4.69) is 4.98 Å². The number of nitrogens with zero attached hydrogens (tertiary/aromatic N) is 2. The average Bonchev–Trinajstić information content (AvgIpc) is 2.83. The Balaban J connectivity index is 1.63. The number of para-hydroxylation sites is 1. The first-order valence-corrected chi connectivity index (χ1v) is 9.82. The third-order valence-electron chi connectivity index (χ3n) is 5.14. The van der Waals surface area contributed by atoms with Gasteiger partial charge in [0.2, 0.25) is 0 Å². The lowest BCUT2D eigenvalue weighted by Crippen LogP contribution is -2.40. The van der Waals surface area contributed by atoms with Crippen LogP contribution in [-0.2, 0) is 4.74 Å². The molecule has 1 aromatic heterocycles. The summed E-state index contributed by atoms with van der Waals surface area (Å²) in [5.74, 6) is 0.650. The summed E-state index contributed by atoms with van der Waals surface area (Å²) in [5, 5.41) is 8.63. The van der Waals surface area contributed by atoms with Crippen molar-refractivity contribution >= 4 is 11.6 Å². The molecule has 1 aliphatic heterocycles. The fourth-order valence-electron chi connectivity index (χ4n) is 3.52. The first kappa shape index (κ1) is 19.8. The molecular weight excluding hydrogens is 378 g/mol. The van der Waals surface area contributed by atoms with Crippen molar-refractivity contribution in [2.75, 3.05) is 33.4 Å². The number of carbonyl (C=O) groups excluding carboxylic acids is 1. The first-order chi connectivity index (χ1) is 14.7. The van der Waals surface area contributed by atoms with Crippen molar-refractivity contribution in [3.8, 4) is 16.9 Å². The summed E-state index contributed by atoms with van der Waals surface area (Å²) in [6.45, 7) is 2.36. The van der Waals surface area contributed by atoms with Crippen molar-refractivity contribution in [2.45, 2.75) is 0 Å². The summed E-state index contributed by atoms with van der Waals surface area (Å²) in [7, 11) is 1.59. The van der Waals surface area contributed by atoms with E-state index in [9.17, 15) is 4.79 Å². The number of methoxy groups -OCH3 is 1. The zero-order valence-electron chi connectivity index (χ0n) is 16.8. The van der Waals surface area contributed by atoms with Crippen molar-refractivity contribution in [1.29, 1.82) is 5.41 Å². The van der Waals surface area contributed by atoms with E-state index in [0.29, 0.717) is 54.5 Å². The summed E-state index contributed by atoms with van der Waals surface area (Å²) >= 11 is 0. The van der Waals surface area contributed by atoms with Gasteiger partial charge in [-0.25, -0.2) is 0 Å². The van der Waals surface area contributed by atoms with Crippen LogP contribution in [0.1, 0.15) is 21.5 Å². The predicted molar refractivity (Wildman–Crippen MR) is 115 cm³/mol. The summed E-state index contributed by atoms with van der Waals surface area (Å²) in [4.78, 5) is 19.0. The van der Waals surface area contributed by atoms with Gasteiger partial charge in [-0.1, -0.05) is 24.3 Å². The highest BCUT2D eigenvalue weighted by Crippen LogP contribution is 2.25. The number of carbonyl (C=O) groups is 1. The van der Waals surface area contributed by atoms with Crippen LogP contribution in [0.15, 0.2) is 67.0 Å². The van der Waals surface area contributed by atoms with Crippen LogP contribution in [-0.4, -0.2) is 54.9 Å². The van der Waals surface area contributed by atoms with Gasteiger partial charge in [0.05, 0.1) is 26.0 Å². The Morgan fingerprint density at radius 3 is 2.57 bits per heavy atom. The van der Waals surface area contributed by atoms with E-state index in [1.54, 1.807) is 19.5 Å². The molecule has 1 aliphatic rings. The lowest BCUT2D eigenvalue weighted by molar-refractivity contribution is 0.0303. The summed E-state index contributed by atoms with van der Waals surface area (Å²) in [5.41, 5.74) is 4.10. The number of hydrogen-bond donors (Lipinski definition) is 1. The van der Waals surface area contributed by atoms with Crippen LogP contribution < -0.4 is 4.74 Å². The number of hydrogen-bond acceptors (Lipinski definition) is 5. The van der Waals surface area contributed by atoms with Gasteiger partial charge in [0.1, 0.15) is 5.75 Å². The molecule has 4 rings (SSSR count). The van der Waals surface area contributed by atoms with E-state index < -0.39 is 0 Å². The molecule has 0 spiro atoms. The molecule has 6 nitrogen and oxygen atoms in total. The molecule has 2 aromatic carbocycles. The van der Waals surface area contributed by atoms with Crippen molar-refractivity contribution in [3.05, 3.63) is 83.7 Å². The predicted octanol–water partition coefficient (Wildman–Crippen LogP) is 3.65. The molecule has 0 unspecified atom stereocenters. The van der Waals surface area contributed by atoms with Gasteiger partial charge in [-0.15, -0.1) is 0 Å². The van der Waals surface area contributed by atoms with Crippen LogP contribution in [0, 0.1) is 5.41 Å². The molecule has 0 saturated carbocycles. The van der Waals surface area contributed by atoms with E-state index in [0.717, 1.165) is 11.1 Å². The second-order valence-corrected chi connectivity index (χ2v) is 7.02. The maximum Gasteiger partial charge on any atom is 0.254 e. The van der Waals surface area contributed by atoms with Crippen LogP contribution in [0.4, 0.5) is 0 Å². The van der Waals surface area contributed by atoms with E-state index >= 15 is 0 Å². The van der Waals surface area contributed by atoms with Gasteiger partial charge >= 0.3 is 0 Å². The van der Waals surface area contributed by atoms with Crippen LogP contribution in [0.2, 0.25) is 0 Å². The number of nitrogens with one attached hydrogen (secondary N) is 1. The third kappa shape index (κ3) is 4.09. The highest BCUT2D eigenvalue weighted by Gasteiger charge is 2.19. The smallest absolute Gasteiger partial charge is 0.254 e. The lowest BCUT2D eigenvalue weighted by atomic mass is 9.98. The van der Waals surface area contributed by atoms with E-state index in [1.165, 1.54) is 0 Å². The van der Waals surface area contributed by atoms with Crippen LogP contribution >= 0.6 is 0 Å². The quantitative estimate of drug-likeness (QED) is 0.662. The Hall–Kier alpha value is -3.51. The Bertz CT molecular complexity index is 1070. The summed E-state index contributed by atoms with van der Waals surface area (Å²) in [6, 6.07) is 16.9. The molecule has 6 heteroatoms. The van der Waals surface area contributed by atoms with Crippen molar-refractivity contribution < 1.29 is 14.3 Å². The maximum atomic E-state index is 12.8. The normalized spacial score (nSPS) is 13.7. The Kier molecular flexibility index (Phi) is 5.86. The molecule has 0 aliphatic carbocycles. The zero-order valence-corrected chi connectivity index (χ0v) is 16.8. The number of ether oxygens (including phenoxy) is 2. The number of aromatic nitrogens is 1. The second-order valence-electron chi connectivity index (χ2n) is 7.02. The highest BCUT2D eigenvalue weighted by atomic mass is 16.5. The SMILES string of the molecule is COc1ccccc1C(=N)c1cncc(-c2cccc(C(=O)N3CCOCC3)c2)c1. The molecule has 0 bridgehead atoms. The van der Waals surface area contributed by atoms with Gasteiger partial charge in [0.25, 0.3) is 5.91 Å². The standard InChI is InChI=1S/C24H23N3O3/c1-29-22-8-3-2-7-21(22)23(25)20-14-19(15-26-16-20)17-5-4-6-18(13-17)24(28)27-9-11-30-12-10-27/h2-8,13-16,25H,9-12H2,1H3. The Morgan fingerprint density at radius 1 is 1.00 bits per heavy atom. The minimum Gasteiger partial charge on any atom is -0.496 e. The van der Waals surface area contributed by atoms with Gasteiger partial charge in [-0.05, 0) is 35.9 Å². The Morgan fingerprint density at radius 2 is 1.77 bits per heavy atom. The summed E-state index contributed by atoms with van der Waals surface area (Å²) < 4.78 is 10.7. The maximum absolute atomic E-state index is 12.8. The molecule has 1 fully saturated rings. The monoisotopic (exact) mass is 401 g/mol. The Labute approximate surface area is 175 Å². The third-order valence-corrected chi connectivity index (χ3v) is 5.14. The van der Waals surface area contributed by atoms with Crippen LogP contribution in [0.3, 0.4) is 0 Å². The topological polar surface area (TPSA) is 75.5 Å². The minimum atomic E-state index is 0.00558. The number of pyridine rings is 1. The van der Waals surface area contributed by atoms with E-state index in [4.69, 9.17) is 14.9 Å². The van der Waals surface area contributed by atoms with E-state index in [-0.39, 0.29) is 5.91 Å². The summed E-state index contributed by atoms with van der Waals surface area (Å²) in [6.07, 6.45) is 3.42. The molecule has 1 N–H and O–H groups in total. The van der Waals surface area contributed by atoms with Gasteiger partial charge in [0.15, 0.2) is 0 Å². The molecule has 152 valence electrons. The molecule has 2 heterocycles. The number of amides is 1. The molecule has 30 heavy (non-hydrogen) atoms. The average molecular weight is 401 g/mol. The van der Waals surface area contributed by atoms with Crippen LogP contribution in [0.25, 0.3) is 11.1 Å². The number of morpholine rings is 1. The minimum absolute atomic E-state index is 0.00558. The second kappa shape index (κ2) is 8.88. The molecule has 0 atom stereocenters. The highest BCUT2D eigenvalue weighted by molar-refractivity contribution is 6.12. The fourth-order valence-corrected chi connectivity index (χ4v) is 3.52. The van der Waals surface area contributed by atoms with Gasteiger partial charge in [0, 0.05) is 47.7 Å². The van der Waals surface area contributed by atoms with Crippen molar-refractivity contribution in [3.63, 3.8) is 0 Å². The number of benzene rings is 2. The van der Waals surface area contributed by atoms with Gasteiger partial charge < -0.3 is 14.4 Å².